The Hall–Kier alpha value is -0.0300. The molecule has 0 spiro atoms. The molecule has 0 bridgehead atoms. The Morgan fingerprint density at radius 1 is 1.14 bits per heavy atom. The van der Waals surface area contributed by atoms with Crippen molar-refractivity contribution in [1.29, 1.82) is 0 Å². The molecule has 21 heavy (non-hydrogen) atoms. The minimum atomic E-state index is 0. The Balaban J connectivity index is 0. The molecule has 0 saturated carbocycles. The van der Waals surface area contributed by atoms with Crippen LogP contribution in [0.3, 0.4) is 0 Å². The van der Waals surface area contributed by atoms with Gasteiger partial charge in [-0.05, 0) is 59.5 Å². The number of rotatable bonds is 7. The summed E-state index contributed by atoms with van der Waals surface area (Å²) in [5.41, 5.74) is 0. The lowest BCUT2D eigenvalue weighted by atomic mass is 9.94. The summed E-state index contributed by atoms with van der Waals surface area (Å²) in [5.74, 6) is 0.798. The van der Waals surface area contributed by atoms with E-state index in [2.05, 4.69) is 43.2 Å². The molecular weight excluding hydrogens is 309 g/mol. The normalized spacial score (nSPS) is 15.8. The number of piperidine rings is 1. The molecule has 4 nitrogen and oxygen atoms in total. The van der Waals surface area contributed by atoms with E-state index in [9.17, 15) is 4.79 Å². The summed E-state index contributed by atoms with van der Waals surface area (Å²) in [5, 5.41) is 6.40. The molecule has 1 saturated heterocycles. The predicted octanol–water partition coefficient (Wildman–Crippen LogP) is 2.45. The highest BCUT2D eigenvalue weighted by Crippen LogP contribution is 2.15. The molecule has 0 aliphatic carbocycles. The second-order valence-corrected chi connectivity index (χ2v) is 6.17. The number of hydrogen-bond acceptors (Lipinski definition) is 3. The first-order valence-electron chi connectivity index (χ1n) is 7.74. The van der Waals surface area contributed by atoms with Crippen LogP contribution in [0, 0.1) is 5.92 Å². The Kier molecular flexibility index (Phi) is 13.8. The summed E-state index contributed by atoms with van der Waals surface area (Å²) >= 11 is 0. The van der Waals surface area contributed by atoms with E-state index in [0.29, 0.717) is 24.4 Å². The average Bonchev–Trinajstić information content (AvgIpc) is 2.34. The molecule has 0 atom stereocenters. The quantitative estimate of drug-likeness (QED) is 0.747. The second kappa shape index (κ2) is 12.5. The zero-order valence-corrected chi connectivity index (χ0v) is 15.5. The number of amides is 1. The van der Waals surface area contributed by atoms with Crippen LogP contribution in [-0.4, -0.2) is 49.1 Å². The fraction of sp³-hybridized carbons (Fsp3) is 0.933. The van der Waals surface area contributed by atoms with Gasteiger partial charge in [-0.15, -0.1) is 24.8 Å². The third-order valence-electron chi connectivity index (χ3n) is 3.95. The summed E-state index contributed by atoms with van der Waals surface area (Å²) in [6.07, 6.45) is 2.97. The maximum Gasteiger partial charge on any atom is 0.220 e. The van der Waals surface area contributed by atoms with Crippen molar-refractivity contribution in [3.63, 3.8) is 0 Å². The highest BCUT2D eigenvalue weighted by molar-refractivity contribution is 5.85. The van der Waals surface area contributed by atoms with Gasteiger partial charge in [-0.3, -0.25) is 9.69 Å². The van der Waals surface area contributed by atoms with Crippen molar-refractivity contribution in [2.45, 2.75) is 59.0 Å². The number of halogens is 2. The monoisotopic (exact) mass is 341 g/mol. The Morgan fingerprint density at radius 3 is 2.14 bits per heavy atom. The van der Waals surface area contributed by atoms with E-state index >= 15 is 0 Å². The van der Waals surface area contributed by atoms with Crippen molar-refractivity contribution < 1.29 is 4.79 Å². The number of hydrogen-bond donors (Lipinski definition) is 2. The van der Waals surface area contributed by atoms with E-state index in [4.69, 9.17) is 0 Å². The van der Waals surface area contributed by atoms with Crippen LogP contribution < -0.4 is 10.6 Å². The number of carbonyl (C=O) groups excluding carboxylic acids is 1. The molecule has 1 aliphatic heterocycles. The van der Waals surface area contributed by atoms with Crippen LogP contribution in [0.25, 0.3) is 0 Å². The molecule has 128 valence electrons. The van der Waals surface area contributed by atoms with Crippen LogP contribution in [0.4, 0.5) is 0 Å². The number of carbonyl (C=O) groups is 1. The van der Waals surface area contributed by atoms with Gasteiger partial charge in [0, 0.05) is 31.6 Å². The number of nitrogens with zero attached hydrogens (tertiary/aromatic N) is 1. The fourth-order valence-electron chi connectivity index (χ4n) is 2.86. The second-order valence-electron chi connectivity index (χ2n) is 6.17. The smallest absolute Gasteiger partial charge is 0.220 e. The van der Waals surface area contributed by atoms with Gasteiger partial charge < -0.3 is 10.6 Å². The van der Waals surface area contributed by atoms with Gasteiger partial charge in [0.05, 0.1) is 0 Å². The first-order chi connectivity index (χ1) is 9.00. The first-order valence-corrected chi connectivity index (χ1v) is 7.74. The predicted molar refractivity (Wildman–Crippen MR) is 94.7 cm³/mol. The van der Waals surface area contributed by atoms with E-state index < -0.39 is 0 Å². The third-order valence-corrected chi connectivity index (χ3v) is 3.95. The molecule has 1 amide bonds. The highest BCUT2D eigenvalue weighted by Gasteiger charge is 2.17. The van der Waals surface area contributed by atoms with Gasteiger partial charge in [0.15, 0.2) is 0 Å². The van der Waals surface area contributed by atoms with Crippen LogP contribution in [0.5, 0.6) is 0 Å². The van der Waals surface area contributed by atoms with E-state index in [-0.39, 0.29) is 30.7 Å². The van der Waals surface area contributed by atoms with Gasteiger partial charge in [-0.25, -0.2) is 0 Å². The van der Waals surface area contributed by atoms with Gasteiger partial charge in [0.1, 0.15) is 0 Å². The molecular formula is C15H33Cl2N3O. The highest BCUT2D eigenvalue weighted by atomic mass is 35.5. The minimum Gasteiger partial charge on any atom is -0.355 e. The third kappa shape index (κ3) is 9.56. The molecule has 0 aromatic heterocycles. The van der Waals surface area contributed by atoms with E-state index in [1.807, 2.05) is 0 Å². The van der Waals surface area contributed by atoms with Gasteiger partial charge in [-0.2, -0.15) is 0 Å². The first kappa shape index (κ1) is 23.2. The molecule has 0 radical (unpaired) electrons. The van der Waals surface area contributed by atoms with Crippen molar-refractivity contribution in [2.75, 3.05) is 26.2 Å². The zero-order chi connectivity index (χ0) is 14.3. The molecule has 1 heterocycles. The summed E-state index contributed by atoms with van der Waals surface area (Å²) < 4.78 is 0. The largest absolute Gasteiger partial charge is 0.355 e. The van der Waals surface area contributed by atoms with Crippen molar-refractivity contribution in [2.24, 2.45) is 5.92 Å². The van der Waals surface area contributed by atoms with Crippen LogP contribution in [-0.2, 0) is 4.79 Å². The van der Waals surface area contributed by atoms with Gasteiger partial charge >= 0.3 is 0 Å². The Bertz CT molecular complexity index is 262. The summed E-state index contributed by atoms with van der Waals surface area (Å²) in [6.45, 7) is 12.6. The molecule has 2 N–H and O–H groups in total. The lowest BCUT2D eigenvalue weighted by Crippen LogP contribution is -2.42. The maximum absolute atomic E-state index is 11.9. The van der Waals surface area contributed by atoms with E-state index in [1.54, 1.807) is 0 Å². The lowest BCUT2D eigenvalue weighted by molar-refractivity contribution is -0.122. The molecule has 0 unspecified atom stereocenters. The average molecular weight is 342 g/mol. The van der Waals surface area contributed by atoms with E-state index in [0.717, 1.165) is 39.0 Å². The molecule has 0 aromatic carbocycles. The van der Waals surface area contributed by atoms with Crippen LogP contribution in [0.2, 0.25) is 0 Å². The maximum atomic E-state index is 11.9. The summed E-state index contributed by atoms with van der Waals surface area (Å²) in [7, 11) is 0. The Labute approximate surface area is 142 Å². The van der Waals surface area contributed by atoms with Crippen molar-refractivity contribution >= 4 is 30.7 Å². The molecule has 1 rings (SSSR count). The molecule has 1 aliphatic rings. The van der Waals surface area contributed by atoms with Crippen LogP contribution >= 0.6 is 24.8 Å². The summed E-state index contributed by atoms with van der Waals surface area (Å²) in [4.78, 5) is 14.3. The number of nitrogens with one attached hydrogen (secondary N) is 2. The molecule has 1 fully saturated rings. The lowest BCUT2D eigenvalue weighted by Gasteiger charge is -2.30. The van der Waals surface area contributed by atoms with E-state index in [1.165, 1.54) is 0 Å². The van der Waals surface area contributed by atoms with Gasteiger partial charge in [0.2, 0.25) is 5.91 Å². The molecule has 0 aromatic rings. The van der Waals surface area contributed by atoms with Crippen LogP contribution in [0.15, 0.2) is 0 Å². The Morgan fingerprint density at radius 2 is 1.67 bits per heavy atom. The van der Waals surface area contributed by atoms with Crippen molar-refractivity contribution in [3.05, 3.63) is 0 Å². The molecule has 6 heteroatoms. The fourth-order valence-corrected chi connectivity index (χ4v) is 2.86. The summed E-state index contributed by atoms with van der Waals surface area (Å²) in [6, 6.07) is 1.06. The standard InChI is InChI=1S/C15H31N3O.2ClH/c1-12(2)18(13(3)4)10-9-17-15(19)11-14-5-7-16-8-6-14;;/h12-14,16H,5-11H2,1-4H3,(H,17,19);2*1H. The zero-order valence-electron chi connectivity index (χ0n) is 13.9. The van der Waals surface area contributed by atoms with Crippen molar-refractivity contribution in [3.8, 4) is 0 Å². The topological polar surface area (TPSA) is 44.4 Å². The van der Waals surface area contributed by atoms with Gasteiger partial charge in [0.25, 0.3) is 0 Å². The SMILES string of the molecule is CC(C)N(CCNC(=O)CC1CCNCC1)C(C)C.Cl.Cl. The van der Waals surface area contributed by atoms with Gasteiger partial charge in [-0.1, -0.05) is 0 Å². The van der Waals surface area contributed by atoms with Crippen molar-refractivity contribution in [1.82, 2.24) is 15.5 Å². The van der Waals surface area contributed by atoms with Crippen LogP contribution in [0.1, 0.15) is 47.0 Å². The minimum absolute atomic E-state index is 0.